The van der Waals surface area contributed by atoms with Gasteiger partial charge in [-0.25, -0.2) is 0 Å². The molecule has 4 heteroatoms. The van der Waals surface area contributed by atoms with Crippen LogP contribution in [0, 0.1) is 6.92 Å². The number of ether oxygens (including phenoxy) is 2. The van der Waals surface area contributed by atoms with E-state index in [0.717, 1.165) is 34.9 Å². The average Bonchev–Trinajstić information content (AvgIpc) is 2.29. The first-order chi connectivity index (χ1) is 7.27. The smallest absolute Gasteiger partial charge is 0.150 e. The van der Waals surface area contributed by atoms with Crippen LogP contribution in [0.2, 0.25) is 0 Å². The van der Waals surface area contributed by atoms with E-state index in [1.807, 2.05) is 13.0 Å². The average molecular weight is 208 g/mol. The number of nitrogens with two attached hydrogens (primary N) is 1. The quantitative estimate of drug-likeness (QED) is 0.768. The summed E-state index contributed by atoms with van der Waals surface area (Å²) in [7, 11) is 1.65. The van der Waals surface area contributed by atoms with Gasteiger partial charge < -0.3 is 20.5 Å². The van der Waals surface area contributed by atoms with Crippen molar-refractivity contribution in [2.75, 3.05) is 25.6 Å². The zero-order chi connectivity index (χ0) is 10.8. The molecule has 0 aliphatic carbocycles. The van der Waals surface area contributed by atoms with Gasteiger partial charge in [-0.05, 0) is 18.6 Å². The molecule has 4 nitrogen and oxygen atoms in total. The summed E-state index contributed by atoms with van der Waals surface area (Å²) < 4.78 is 10.9. The van der Waals surface area contributed by atoms with Gasteiger partial charge in [0.1, 0.15) is 12.4 Å². The molecule has 0 atom stereocenters. The summed E-state index contributed by atoms with van der Waals surface area (Å²) in [4.78, 5) is 0. The van der Waals surface area contributed by atoms with E-state index in [0.29, 0.717) is 13.2 Å². The van der Waals surface area contributed by atoms with Gasteiger partial charge in [-0.2, -0.15) is 0 Å². The molecule has 3 N–H and O–H groups in total. The molecule has 82 valence electrons. The van der Waals surface area contributed by atoms with Crippen molar-refractivity contribution in [3.8, 4) is 11.5 Å². The molecule has 2 rings (SSSR count). The molecule has 1 aromatic carbocycles. The molecule has 0 bridgehead atoms. The van der Waals surface area contributed by atoms with Gasteiger partial charge in [-0.3, -0.25) is 0 Å². The Labute approximate surface area is 89.4 Å². The fourth-order valence-corrected chi connectivity index (χ4v) is 1.88. The molecule has 1 heterocycles. The minimum atomic E-state index is 0.424. The van der Waals surface area contributed by atoms with Crippen molar-refractivity contribution in [2.45, 2.75) is 13.5 Å². The Morgan fingerprint density at radius 2 is 2.40 bits per heavy atom. The van der Waals surface area contributed by atoms with Crippen LogP contribution < -0.4 is 20.5 Å². The number of aryl methyl sites for hydroxylation is 1. The molecule has 0 amide bonds. The van der Waals surface area contributed by atoms with Crippen LogP contribution in [0.25, 0.3) is 0 Å². The van der Waals surface area contributed by atoms with E-state index in [1.165, 1.54) is 0 Å². The van der Waals surface area contributed by atoms with Gasteiger partial charge in [0.25, 0.3) is 0 Å². The topological polar surface area (TPSA) is 56.5 Å². The molecule has 0 fully saturated rings. The second-order valence-electron chi connectivity index (χ2n) is 3.56. The zero-order valence-corrected chi connectivity index (χ0v) is 9.09. The van der Waals surface area contributed by atoms with Crippen molar-refractivity contribution in [3.05, 3.63) is 17.2 Å². The third kappa shape index (κ3) is 1.61. The Morgan fingerprint density at radius 1 is 1.60 bits per heavy atom. The Kier molecular flexibility index (Phi) is 2.68. The first-order valence-electron chi connectivity index (χ1n) is 5.05. The summed E-state index contributed by atoms with van der Waals surface area (Å²) in [6.45, 7) is 3.97. The van der Waals surface area contributed by atoms with E-state index in [4.69, 9.17) is 15.2 Å². The monoisotopic (exact) mass is 208 g/mol. The van der Waals surface area contributed by atoms with Crippen LogP contribution in [0.3, 0.4) is 0 Å². The maximum atomic E-state index is 5.71. The summed E-state index contributed by atoms with van der Waals surface area (Å²) in [5.74, 6) is 1.65. The first kappa shape index (κ1) is 10.1. The minimum Gasteiger partial charge on any atom is -0.496 e. The summed E-state index contributed by atoms with van der Waals surface area (Å²) in [6, 6.07) is 1.99. The zero-order valence-electron chi connectivity index (χ0n) is 9.09. The summed E-state index contributed by atoms with van der Waals surface area (Å²) >= 11 is 0. The number of nitrogens with one attached hydrogen (secondary N) is 1. The number of hydrogen-bond donors (Lipinski definition) is 2. The van der Waals surface area contributed by atoms with Crippen molar-refractivity contribution in [3.63, 3.8) is 0 Å². The maximum Gasteiger partial charge on any atom is 0.150 e. The molecule has 1 aliphatic rings. The third-order valence-corrected chi connectivity index (χ3v) is 2.61. The lowest BCUT2D eigenvalue weighted by atomic mass is 10.1. The molecule has 0 saturated carbocycles. The molecule has 0 radical (unpaired) electrons. The molecule has 15 heavy (non-hydrogen) atoms. The molecule has 1 aromatic rings. The molecule has 0 aromatic heterocycles. The second-order valence-corrected chi connectivity index (χ2v) is 3.56. The van der Waals surface area contributed by atoms with E-state index < -0.39 is 0 Å². The van der Waals surface area contributed by atoms with Crippen LogP contribution in [0.4, 0.5) is 5.69 Å². The number of fused-ring (bicyclic) bond motifs is 1. The van der Waals surface area contributed by atoms with E-state index in [1.54, 1.807) is 7.11 Å². The third-order valence-electron chi connectivity index (χ3n) is 2.61. The van der Waals surface area contributed by atoms with Crippen LogP contribution in [0.1, 0.15) is 11.1 Å². The van der Waals surface area contributed by atoms with E-state index in [9.17, 15) is 0 Å². The van der Waals surface area contributed by atoms with Gasteiger partial charge in [-0.15, -0.1) is 0 Å². The Morgan fingerprint density at radius 3 is 3.07 bits per heavy atom. The first-order valence-corrected chi connectivity index (χ1v) is 5.05. The van der Waals surface area contributed by atoms with Crippen molar-refractivity contribution >= 4 is 5.69 Å². The Bertz CT molecular complexity index is 377. The largest absolute Gasteiger partial charge is 0.496 e. The van der Waals surface area contributed by atoms with Crippen LogP contribution in [-0.2, 0) is 6.54 Å². The maximum absolute atomic E-state index is 5.71. The molecular formula is C11H16N2O2. The van der Waals surface area contributed by atoms with E-state index >= 15 is 0 Å². The van der Waals surface area contributed by atoms with Gasteiger partial charge in [0.15, 0.2) is 5.75 Å². The second kappa shape index (κ2) is 3.98. The highest BCUT2D eigenvalue weighted by atomic mass is 16.5. The number of benzene rings is 1. The lowest BCUT2D eigenvalue weighted by Gasteiger charge is -2.24. The SMILES string of the molecule is COc1cc(C)c2c(c1CN)OCCN2. The number of rotatable bonds is 2. The van der Waals surface area contributed by atoms with Crippen LogP contribution in [0.5, 0.6) is 11.5 Å². The molecule has 0 spiro atoms. The number of hydrogen-bond acceptors (Lipinski definition) is 4. The highest BCUT2D eigenvalue weighted by Crippen LogP contribution is 2.39. The van der Waals surface area contributed by atoms with Crippen molar-refractivity contribution in [1.29, 1.82) is 0 Å². The fraction of sp³-hybridized carbons (Fsp3) is 0.455. The van der Waals surface area contributed by atoms with Gasteiger partial charge in [0, 0.05) is 13.1 Å². The molecule has 0 saturated heterocycles. The summed E-state index contributed by atoms with van der Waals surface area (Å²) in [5, 5.41) is 3.32. The fourth-order valence-electron chi connectivity index (χ4n) is 1.88. The Balaban J connectivity index is 2.59. The van der Waals surface area contributed by atoms with Crippen molar-refractivity contribution < 1.29 is 9.47 Å². The molecule has 0 unspecified atom stereocenters. The predicted molar refractivity (Wildman–Crippen MR) is 59.6 cm³/mol. The van der Waals surface area contributed by atoms with Gasteiger partial charge >= 0.3 is 0 Å². The van der Waals surface area contributed by atoms with E-state index in [2.05, 4.69) is 5.32 Å². The standard InChI is InChI=1S/C11H16N2O2/c1-7-5-9(14-2)8(6-12)11-10(7)13-3-4-15-11/h5,13H,3-4,6,12H2,1-2H3. The van der Waals surface area contributed by atoms with Crippen LogP contribution in [-0.4, -0.2) is 20.3 Å². The highest BCUT2D eigenvalue weighted by molar-refractivity contribution is 5.69. The lowest BCUT2D eigenvalue weighted by Crippen LogP contribution is -2.21. The number of anilines is 1. The van der Waals surface area contributed by atoms with Crippen LogP contribution >= 0.6 is 0 Å². The van der Waals surface area contributed by atoms with Gasteiger partial charge in [-0.1, -0.05) is 0 Å². The minimum absolute atomic E-state index is 0.424. The Hall–Kier alpha value is -1.42. The van der Waals surface area contributed by atoms with Crippen molar-refractivity contribution in [2.24, 2.45) is 5.73 Å². The molecular weight excluding hydrogens is 192 g/mol. The normalized spacial score (nSPS) is 13.8. The van der Waals surface area contributed by atoms with Crippen LogP contribution in [0.15, 0.2) is 6.07 Å². The van der Waals surface area contributed by atoms with E-state index in [-0.39, 0.29) is 0 Å². The van der Waals surface area contributed by atoms with Gasteiger partial charge in [0.05, 0.1) is 18.4 Å². The molecule has 1 aliphatic heterocycles. The summed E-state index contributed by atoms with van der Waals surface area (Å²) in [5.41, 5.74) is 8.82. The summed E-state index contributed by atoms with van der Waals surface area (Å²) in [6.07, 6.45) is 0. The predicted octanol–water partition coefficient (Wildman–Crippen LogP) is 1.27. The number of methoxy groups -OCH3 is 1. The highest BCUT2D eigenvalue weighted by Gasteiger charge is 2.19. The van der Waals surface area contributed by atoms with Gasteiger partial charge in [0.2, 0.25) is 0 Å². The lowest BCUT2D eigenvalue weighted by molar-refractivity contribution is 0.315. The van der Waals surface area contributed by atoms with Crippen molar-refractivity contribution in [1.82, 2.24) is 0 Å².